The number of unbranched alkanes of at least 4 members (excludes halogenated alkanes) is 10. The third-order valence-corrected chi connectivity index (χ3v) is 8.06. The fourth-order valence-electron chi connectivity index (χ4n) is 6.31. The highest BCUT2D eigenvalue weighted by Crippen LogP contribution is 2.58. The van der Waals surface area contributed by atoms with Crippen LogP contribution in [0.5, 0.6) is 0 Å². The van der Waals surface area contributed by atoms with Gasteiger partial charge in [0.25, 0.3) is 6.26 Å². The molecule has 1 aromatic carbocycles. The lowest BCUT2D eigenvalue weighted by atomic mass is 9.65. The van der Waals surface area contributed by atoms with Gasteiger partial charge in [0.1, 0.15) is 5.76 Å². The van der Waals surface area contributed by atoms with Crippen LogP contribution < -0.4 is 0 Å². The molecule has 0 spiro atoms. The van der Waals surface area contributed by atoms with E-state index in [-0.39, 0.29) is 17.3 Å². The molecule has 2 unspecified atom stereocenters. The summed E-state index contributed by atoms with van der Waals surface area (Å²) < 4.78 is 5.30. The minimum atomic E-state index is -0.0290. The van der Waals surface area contributed by atoms with Crippen LogP contribution in [0.15, 0.2) is 47.2 Å². The van der Waals surface area contributed by atoms with Gasteiger partial charge in [-0.05, 0) is 48.3 Å². The fraction of sp³-hybridized carbons (Fsp3) is 0.613. The van der Waals surface area contributed by atoms with Crippen molar-refractivity contribution in [2.24, 2.45) is 10.9 Å². The second-order valence-corrected chi connectivity index (χ2v) is 10.3. The summed E-state index contributed by atoms with van der Waals surface area (Å²) in [5.74, 6) is 1.18. The van der Waals surface area contributed by atoms with Crippen molar-refractivity contribution >= 4 is 11.8 Å². The molecular weight excluding hydrogens is 432 g/mol. The van der Waals surface area contributed by atoms with Crippen molar-refractivity contribution in [2.75, 3.05) is 0 Å². The van der Waals surface area contributed by atoms with E-state index in [9.17, 15) is 4.79 Å². The van der Waals surface area contributed by atoms with Gasteiger partial charge in [-0.15, -0.1) is 5.26 Å². The summed E-state index contributed by atoms with van der Waals surface area (Å²) in [6.07, 6.45) is 27.4. The van der Waals surface area contributed by atoms with E-state index in [2.05, 4.69) is 43.1 Å². The molecule has 4 heteroatoms. The molecule has 0 saturated carbocycles. The summed E-state index contributed by atoms with van der Waals surface area (Å²) >= 11 is 0. The second-order valence-electron chi connectivity index (χ2n) is 10.3. The Morgan fingerprint density at radius 3 is 2.17 bits per heavy atom. The van der Waals surface area contributed by atoms with Crippen LogP contribution in [0.4, 0.5) is 5.69 Å². The molecule has 0 fully saturated rings. The quantitative estimate of drug-likeness (QED) is 0.104. The van der Waals surface area contributed by atoms with Gasteiger partial charge in [-0.3, -0.25) is 0 Å². The van der Waals surface area contributed by atoms with E-state index in [1.165, 1.54) is 88.2 Å². The zero-order chi connectivity index (χ0) is 24.9. The monoisotopic (exact) mass is 474 g/mol. The van der Waals surface area contributed by atoms with Gasteiger partial charge < -0.3 is 4.74 Å². The van der Waals surface area contributed by atoms with E-state index >= 15 is 0 Å². The smallest absolute Gasteiger partial charge is 0.292 e. The SMILES string of the molecule is CCCCCCCCC1(CCCCCCCC)c2cc(N=C=O)ccc2C2C=CC(OC#N)=CC21. The fourth-order valence-corrected chi connectivity index (χ4v) is 6.31. The summed E-state index contributed by atoms with van der Waals surface area (Å²) in [6.45, 7) is 4.52. The normalized spacial score (nSPS) is 19.3. The number of isocyanates is 1. The lowest BCUT2D eigenvalue weighted by Crippen LogP contribution is -2.33. The number of nitrogens with zero attached hydrogens (tertiary/aromatic N) is 2. The van der Waals surface area contributed by atoms with Crippen LogP contribution in [0, 0.1) is 17.4 Å². The third-order valence-electron chi connectivity index (χ3n) is 8.06. The Labute approximate surface area is 212 Å². The second kappa shape index (κ2) is 14.1. The van der Waals surface area contributed by atoms with Crippen LogP contribution in [0.1, 0.15) is 121 Å². The van der Waals surface area contributed by atoms with E-state index in [4.69, 9.17) is 10.00 Å². The molecule has 2 aliphatic rings. The number of hydrogen-bond acceptors (Lipinski definition) is 4. The summed E-state index contributed by atoms with van der Waals surface area (Å²) in [6, 6.07) is 6.23. The maximum Gasteiger partial charge on any atom is 0.292 e. The minimum Gasteiger partial charge on any atom is -0.388 e. The van der Waals surface area contributed by atoms with Gasteiger partial charge in [-0.25, -0.2) is 4.79 Å². The van der Waals surface area contributed by atoms with Crippen molar-refractivity contribution in [2.45, 2.75) is 115 Å². The maximum absolute atomic E-state index is 11.0. The zero-order valence-electron chi connectivity index (χ0n) is 21.7. The minimum absolute atomic E-state index is 0.0290. The van der Waals surface area contributed by atoms with E-state index in [0.717, 1.165) is 12.8 Å². The van der Waals surface area contributed by atoms with Crippen molar-refractivity contribution in [3.63, 3.8) is 0 Å². The molecule has 0 heterocycles. The van der Waals surface area contributed by atoms with Crippen LogP contribution in [-0.2, 0) is 14.9 Å². The van der Waals surface area contributed by atoms with Crippen LogP contribution in [0.3, 0.4) is 0 Å². The van der Waals surface area contributed by atoms with Gasteiger partial charge in [0.05, 0.1) is 5.69 Å². The van der Waals surface area contributed by atoms with Gasteiger partial charge in [0, 0.05) is 17.3 Å². The highest BCUT2D eigenvalue weighted by Gasteiger charge is 2.50. The number of carbonyl (C=O) groups excluding carboxylic acids is 1. The molecule has 0 saturated heterocycles. The highest BCUT2D eigenvalue weighted by atomic mass is 16.5. The number of hydrogen-bond donors (Lipinski definition) is 0. The first-order valence-electron chi connectivity index (χ1n) is 13.9. The van der Waals surface area contributed by atoms with E-state index < -0.39 is 0 Å². The first-order chi connectivity index (χ1) is 17.2. The molecule has 188 valence electrons. The standard InChI is InChI=1S/C31H42N2O2/c1-3-5-7-9-11-13-19-31(20-14-12-10-8-6-4-2)29-21-25(33-24-34)15-17-27(29)28-18-16-26(35-23-32)22-30(28)31/h15-18,21-22,28,30H,3-14,19-20H2,1-2H3. The summed E-state index contributed by atoms with van der Waals surface area (Å²) in [4.78, 5) is 15.0. The van der Waals surface area contributed by atoms with Gasteiger partial charge in [-0.1, -0.05) is 103 Å². The van der Waals surface area contributed by atoms with Gasteiger partial charge >= 0.3 is 0 Å². The predicted octanol–water partition coefficient (Wildman–Crippen LogP) is 9.06. The number of rotatable bonds is 16. The molecule has 0 aliphatic heterocycles. The average molecular weight is 475 g/mol. The molecule has 0 N–H and O–H groups in total. The van der Waals surface area contributed by atoms with Crippen molar-refractivity contribution in [3.05, 3.63) is 53.3 Å². The number of benzene rings is 1. The molecule has 2 atom stereocenters. The molecule has 0 amide bonds. The largest absolute Gasteiger partial charge is 0.388 e. The molecule has 4 nitrogen and oxygen atoms in total. The number of fused-ring (bicyclic) bond motifs is 3. The number of nitriles is 1. The first kappa shape index (κ1) is 27.0. The Hall–Kier alpha value is -2.63. The average Bonchev–Trinajstić information content (AvgIpc) is 3.13. The van der Waals surface area contributed by atoms with Crippen molar-refractivity contribution in [3.8, 4) is 6.26 Å². The molecule has 35 heavy (non-hydrogen) atoms. The summed E-state index contributed by atoms with van der Waals surface area (Å²) in [5.41, 5.74) is 3.33. The van der Waals surface area contributed by atoms with Crippen molar-refractivity contribution in [1.82, 2.24) is 0 Å². The van der Waals surface area contributed by atoms with Crippen LogP contribution >= 0.6 is 0 Å². The Morgan fingerprint density at radius 1 is 0.943 bits per heavy atom. The Kier molecular flexibility index (Phi) is 10.8. The molecule has 3 rings (SSSR count). The highest BCUT2D eigenvalue weighted by molar-refractivity contribution is 5.58. The molecule has 0 bridgehead atoms. The maximum atomic E-state index is 11.0. The molecule has 0 aromatic heterocycles. The van der Waals surface area contributed by atoms with E-state index in [0.29, 0.717) is 11.4 Å². The summed E-state index contributed by atoms with van der Waals surface area (Å²) in [5, 5.41) is 9.15. The Balaban J connectivity index is 1.92. The van der Waals surface area contributed by atoms with Crippen molar-refractivity contribution in [1.29, 1.82) is 5.26 Å². The molecule has 0 radical (unpaired) electrons. The molecular formula is C31H42N2O2. The van der Waals surface area contributed by atoms with E-state index in [1.807, 2.05) is 18.4 Å². The topological polar surface area (TPSA) is 62.4 Å². The predicted molar refractivity (Wildman–Crippen MR) is 142 cm³/mol. The number of ether oxygens (including phenoxy) is 1. The number of aliphatic imine (C=N–C) groups is 1. The Bertz CT molecular complexity index is 949. The third kappa shape index (κ3) is 6.74. The Morgan fingerprint density at radius 2 is 1.57 bits per heavy atom. The van der Waals surface area contributed by atoms with Crippen LogP contribution in [0.2, 0.25) is 0 Å². The van der Waals surface area contributed by atoms with Crippen LogP contribution in [-0.4, -0.2) is 6.08 Å². The lowest BCUT2D eigenvalue weighted by molar-refractivity contribution is 0.255. The van der Waals surface area contributed by atoms with Gasteiger partial charge in [0.15, 0.2) is 0 Å². The zero-order valence-corrected chi connectivity index (χ0v) is 21.7. The van der Waals surface area contributed by atoms with Crippen LogP contribution in [0.25, 0.3) is 0 Å². The van der Waals surface area contributed by atoms with Gasteiger partial charge in [0.2, 0.25) is 6.08 Å². The summed E-state index contributed by atoms with van der Waals surface area (Å²) in [7, 11) is 0. The van der Waals surface area contributed by atoms with Crippen molar-refractivity contribution < 1.29 is 9.53 Å². The number of allylic oxidation sites excluding steroid dienone is 3. The molecule has 2 aliphatic carbocycles. The van der Waals surface area contributed by atoms with E-state index in [1.54, 1.807) is 6.08 Å². The first-order valence-corrected chi connectivity index (χ1v) is 13.9. The lowest BCUT2D eigenvalue weighted by Gasteiger charge is -2.38. The van der Waals surface area contributed by atoms with Gasteiger partial charge in [-0.2, -0.15) is 4.99 Å². The molecule has 1 aromatic rings.